The first-order valence-corrected chi connectivity index (χ1v) is 9.80. The molecule has 0 aliphatic heterocycles. The molecule has 1 heterocycles. The number of carbonyl (C=O) groups is 1. The van der Waals surface area contributed by atoms with Crippen molar-refractivity contribution < 1.29 is 4.79 Å². The van der Waals surface area contributed by atoms with Crippen LogP contribution in [0.15, 0.2) is 66.1 Å². The van der Waals surface area contributed by atoms with Crippen LogP contribution in [0.3, 0.4) is 0 Å². The molecule has 1 aromatic rings. The second-order valence-electron chi connectivity index (χ2n) is 8.75. The average molecular weight is 343 g/mol. The highest BCUT2D eigenvalue weighted by atomic mass is 16.1. The van der Waals surface area contributed by atoms with Crippen LogP contribution in [0.2, 0.25) is 0 Å². The minimum Gasteiger partial charge on any atom is -0.290 e. The van der Waals surface area contributed by atoms with Crippen LogP contribution in [0.4, 0.5) is 0 Å². The summed E-state index contributed by atoms with van der Waals surface area (Å²) in [6.07, 6.45) is 19.1. The van der Waals surface area contributed by atoms with Gasteiger partial charge in [0.05, 0.1) is 0 Å². The molecule has 0 radical (unpaired) electrons. The van der Waals surface area contributed by atoms with E-state index in [1.54, 1.807) is 11.6 Å². The quantitative estimate of drug-likeness (QED) is 0.692. The number of aromatic nitrogens is 1. The summed E-state index contributed by atoms with van der Waals surface area (Å²) < 4.78 is 0. The van der Waals surface area contributed by atoms with Gasteiger partial charge < -0.3 is 0 Å². The summed E-state index contributed by atoms with van der Waals surface area (Å²) >= 11 is 0. The molecule has 0 spiro atoms. The first-order chi connectivity index (χ1) is 12.5. The van der Waals surface area contributed by atoms with Crippen LogP contribution in [0.1, 0.15) is 45.1 Å². The van der Waals surface area contributed by atoms with Crippen LogP contribution < -0.4 is 0 Å². The van der Waals surface area contributed by atoms with Crippen LogP contribution in [0, 0.1) is 22.7 Å². The van der Waals surface area contributed by atoms with Gasteiger partial charge in [0.15, 0.2) is 5.78 Å². The third-order valence-corrected chi connectivity index (χ3v) is 7.57. The zero-order valence-corrected chi connectivity index (χ0v) is 15.5. The van der Waals surface area contributed by atoms with Crippen molar-refractivity contribution in [3.8, 4) is 0 Å². The molecule has 2 nitrogen and oxygen atoms in total. The van der Waals surface area contributed by atoms with Gasteiger partial charge in [0.2, 0.25) is 0 Å². The van der Waals surface area contributed by atoms with Crippen LogP contribution in [-0.4, -0.2) is 10.8 Å². The van der Waals surface area contributed by atoms with Gasteiger partial charge in [0, 0.05) is 23.2 Å². The second kappa shape index (κ2) is 5.39. The maximum atomic E-state index is 11.9. The SMILES string of the molecule is CC12CCC3C(CCC4=CC(=O)C=CC43C)C1=CC=C2c1cccnc1. The lowest BCUT2D eigenvalue weighted by molar-refractivity contribution is -0.110. The van der Waals surface area contributed by atoms with Crippen molar-refractivity contribution in [2.45, 2.75) is 39.5 Å². The summed E-state index contributed by atoms with van der Waals surface area (Å²) in [5, 5.41) is 0. The Morgan fingerprint density at radius 2 is 2.08 bits per heavy atom. The molecule has 0 amide bonds. The summed E-state index contributed by atoms with van der Waals surface area (Å²) in [6.45, 7) is 4.78. The number of fused-ring (bicyclic) bond motifs is 5. The van der Waals surface area contributed by atoms with E-state index < -0.39 is 0 Å². The van der Waals surface area contributed by atoms with Gasteiger partial charge >= 0.3 is 0 Å². The highest BCUT2D eigenvalue weighted by Gasteiger charge is 2.53. The molecule has 26 heavy (non-hydrogen) atoms. The molecular formula is C24H25NO. The molecule has 2 saturated carbocycles. The van der Waals surface area contributed by atoms with Gasteiger partial charge in [0.1, 0.15) is 0 Å². The van der Waals surface area contributed by atoms with Gasteiger partial charge in [-0.15, -0.1) is 0 Å². The standard InChI is InChI=1S/C24H25NO/c1-23-11-9-18(26)14-17(23)5-6-19-21-8-7-20(16-4-3-13-25-15-16)24(21,2)12-10-22(19)23/h3-4,7-9,11,13-15,19,22H,5-6,10,12H2,1-2H3. The van der Waals surface area contributed by atoms with E-state index in [4.69, 9.17) is 0 Å². The molecule has 2 fully saturated rings. The molecule has 2 heteroatoms. The number of hydrogen-bond acceptors (Lipinski definition) is 2. The van der Waals surface area contributed by atoms with Gasteiger partial charge in [-0.25, -0.2) is 0 Å². The maximum absolute atomic E-state index is 11.9. The van der Waals surface area contributed by atoms with Crippen molar-refractivity contribution in [2.75, 3.05) is 0 Å². The van der Waals surface area contributed by atoms with Gasteiger partial charge in [-0.1, -0.05) is 49.3 Å². The zero-order valence-electron chi connectivity index (χ0n) is 15.5. The van der Waals surface area contributed by atoms with Crippen LogP contribution in [0.25, 0.3) is 5.57 Å². The predicted octanol–water partition coefficient (Wildman–Crippen LogP) is 5.30. The smallest absolute Gasteiger partial charge is 0.178 e. The van der Waals surface area contributed by atoms with Crippen LogP contribution >= 0.6 is 0 Å². The molecule has 5 rings (SSSR count). The summed E-state index contributed by atoms with van der Waals surface area (Å²) in [6, 6.07) is 4.22. The molecule has 4 unspecified atom stereocenters. The Morgan fingerprint density at radius 3 is 2.88 bits per heavy atom. The zero-order chi connectivity index (χ0) is 17.9. The van der Waals surface area contributed by atoms with Crippen molar-refractivity contribution in [2.24, 2.45) is 22.7 Å². The lowest BCUT2D eigenvalue weighted by atomic mass is 9.49. The Morgan fingerprint density at radius 1 is 1.19 bits per heavy atom. The lowest BCUT2D eigenvalue weighted by Gasteiger charge is -2.54. The minimum absolute atomic E-state index is 0.0516. The highest BCUT2D eigenvalue weighted by Crippen LogP contribution is 2.64. The second-order valence-corrected chi connectivity index (χ2v) is 8.75. The fourth-order valence-electron chi connectivity index (χ4n) is 6.13. The molecule has 4 aliphatic carbocycles. The molecule has 1 aromatic heterocycles. The van der Waals surface area contributed by atoms with E-state index >= 15 is 0 Å². The summed E-state index contributed by atoms with van der Waals surface area (Å²) in [5.74, 6) is 1.38. The fourth-order valence-corrected chi connectivity index (χ4v) is 6.13. The number of carbonyl (C=O) groups excluding carboxylic acids is 1. The fraction of sp³-hybridized carbons (Fsp3) is 0.417. The first-order valence-electron chi connectivity index (χ1n) is 9.80. The largest absolute Gasteiger partial charge is 0.290 e. The molecular weight excluding hydrogens is 318 g/mol. The van der Waals surface area contributed by atoms with Crippen LogP contribution in [0.5, 0.6) is 0 Å². The summed E-state index contributed by atoms with van der Waals surface area (Å²) in [5.41, 5.74) is 5.84. The summed E-state index contributed by atoms with van der Waals surface area (Å²) in [4.78, 5) is 16.2. The predicted molar refractivity (Wildman–Crippen MR) is 104 cm³/mol. The number of pyridine rings is 1. The Bertz CT molecular complexity index is 903. The van der Waals surface area contributed by atoms with Crippen molar-refractivity contribution >= 4 is 11.4 Å². The minimum atomic E-state index is 0.0516. The van der Waals surface area contributed by atoms with E-state index in [0.717, 1.165) is 6.42 Å². The van der Waals surface area contributed by atoms with Crippen molar-refractivity contribution in [3.63, 3.8) is 0 Å². The Labute approximate surface area is 155 Å². The lowest BCUT2D eigenvalue weighted by Crippen LogP contribution is -2.45. The number of hydrogen-bond donors (Lipinski definition) is 0. The Balaban J connectivity index is 1.51. The average Bonchev–Trinajstić information content (AvgIpc) is 3.00. The van der Waals surface area contributed by atoms with Crippen LogP contribution in [-0.2, 0) is 4.79 Å². The normalized spacial score (nSPS) is 37.9. The highest BCUT2D eigenvalue weighted by molar-refractivity contribution is 6.01. The number of ketones is 1. The molecule has 4 atom stereocenters. The molecule has 0 N–H and O–H groups in total. The number of nitrogens with zero attached hydrogens (tertiary/aromatic N) is 1. The van der Waals surface area contributed by atoms with E-state index in [1.807, 2.05) is 24.5 Å². The summed E-state index contributed by atoms with van der Waals surface area (Å²) in [7, 11) is 0. The third kappa shape index (κ3) is 2.05. The molecule has 4 aliphatic rings. The molecule has 0 saturated heterocycles. The number of allylic oxidation sites excluding steroid dienone is 8. The third-order valence-electron chi connectivity index (χ3n) is 7.57. The maximum Gasteiger partial charge on any atom is 0.178 e. The van der Waals surface area contributed by atoms with Crippen molar-refractivity contribution in [1.29, 1.82) is 0 Å². The topological polar surface area (TPSA) is 30.0 Å². The first kappa shape index (κ1) is 16.0. The monoisotopic (exact) mass is 343 g/mol. The Kier molecular flexibility index (Phi) is 3.31. The van der Waals surface area contributed by atoms with E-state index in [2.05, 4.69) is 43.1 Å². The van der Waals surface area contributed by atoms with Gasteiger partial charge in [-0.3, -0.25) is 9.78 Å². The van der Waals surface area contributed by atoms with E-state index in [9.17, 15) is 4.79 Å². The van der Waals surface area contributed by atoms with Crippen molar-refractivity contribution in [3.05, 3.63) is 71.6 Å². The van der Waals surface area contributed by atoms with E-state index in [-0.39, 0.29) is 16.6 Å². The molecule has 0 bridgehead atoms. The molecule has 132 valence electrons. The van der Waals surface area contributed by atoms with E-state index in [1.165, 1.54) is 36.0 Å². The molecule has 0 aromatic carbocycles. The van der Waals surface area contributed by atoms with Gasteiger partial charge in [-0.2, -0.15) is 0 Å². The van der Waals surface area contributed by atoms with Gasteiger partial charge in [-0.05, 0) is 66.9 Å². The number of rotatable bonds is 1. The van der Waals surface area contributed by atoms with Crippen molar-refractivity contribution in [1.82, 2.24) is 4.98 Å². The van der Waals surface area contributed by atoms with Gasteiger partial charge in [0.25, 0.3) is 0 Å². The van der Waals surface area contributed by atoms with E-state index in [0.29, 0.717) is 11.8 Å². The Hall–Kier alpha value is -2.22.